The van der Waals surface area contributed by atoms with Crippen molar-refractivity contribution < 1.29 is 19.0 Å². The Balaban J connectivity index is 1.52. The predicted molar refractivity (Wildman–Crippen MR) is 105 cm³/mol. The van der Waals surface area contributed by atoms with Gasteiger partial charge in [0.05, 0.1) is 18.8 Å². The van der Waals surface area contributed by atoms with E-state index in [0.717, 1.165) is 50.1 Å². The van der Waals surface area contributed by atoms with E-state index in [2.05, 4.69) is 17.4 Å². The van der Waals surface area contributed by atoms with Crippen LogP contribution in [-0.2, 0) is 20.8 Å². The molecule has 150 valence electrons. The molecule has 2 fully saturated rings. The van der Waals surface area contributed by atoms with Crippen LogP contribution in [0.5, 0.6) is 0 Å². The topological polar surface area (TPSA) is 82.8 Å². The number of hydrogen-bond donors (Lipinski definition) is 2. The van der Waals surface area contributed by atoms with E-state index in [9.17, 15) is 4.79 Å². The van der Waals surface area contributed by atoms with Crippen molar-refractivity contribution >= 4 is 11.8 Å². The molecule has 3 rings (SSSR count). The number of carbonyl (C=O) groups excluding carboxylic acids is 1. The second-order valence-corrected chi connectivity index (χ2v) is 8.57. The van der Waals surface area contributed by atoms with Crippen LogP contribution >= 0.6 is 0 Å². The maximum absolute atomic E-state index is 11.9. The van der Waals surface area contributed by atoms with Gasteiger partial charge in [-0.2, -0.15) is 0 Å². The zero-order valence-corrected chi connectivity index (χ0v) is 16.6. The lowest BCUT2D eigenvalue weighted by Gasteiger charge is -2.37. The third-order valence-electron chi connectivity index (χ3n) is 5.11. The molecular formula is C21H32N2O4. The van der Waals surface area contributed by atoms with Crippen LogP contribution in [0, 0.1) is 0 Å². The number of amides is 1. The van der Waals surface area contributed by atoms with Gasteiger partial charge in [0.1, 0.15) is 5.60 Å². The van der Waals surface area contributed by atoms with Crippen molar-refractivity contribution in [2.75, 3.05) is 18.9 Å². The summed E-state index contributed by atoms with van der Waals surface area (Å²) in [5.41, 5.74) is 8.74. The number of hydrogen-bond acceptors (Lipinski definition) is 5. The summed E-state index contributed by atoms with van der Waals surface area (Å²) in [7, 11) is 0. The summed E-state index contributed by atoms with van der Waals surface area (Å²) in [5, 5.41) is 2.91. The van der Waals surface area contributed by atoms with Crippen molar-refractivity contribution in [3.05, 3.63) is 29.3 Å². The molecule has 3 N–H and O–H groups in total. The van der Waals surface area contributed by atoms with Gasteiger partial charge in [-0.1, -0.05) is 6.07 Å². The van der Waals surface area contributed by atoms with Gasteiger partial charge >= 0.3 is 6.09 Å². The number of ether oxygens (including phenoxy) is 3. The second-order valence-electron chi connectivity index (χ2n) is 8.57. The summed E-state index contributed by atoms with van der Waals surface area (Å²) >= 11 is 0. The Labute approximate surface area is 161 Å². The van der Waals surface area contributed by atoms with Crippen molar-refractivity contribution in [2.24, 2.45) is 0 Å². The maximum Gasteiger partial charge on any atom is 0.407 e. The van der Waals surface area contributed by atoms with E-state index in [1.165, 1.54) is 5.56 Å². The molecule has 2 aliphatic rings. The molecule has 1 aromatic rings. The third-order valence-corrected chi connectivity index (χ3v) is 5.11. The van der Waals surface area contributed by atoms with Crippen LogP contribution in [0.2, 0.25) is 0 Å². The Morgan fingerprint density at radius 3 is 2.56 bits per heavy atom. The molecule has 1 aliphatic carbocycles. The van der Waals surface area contributed by atoms with E-state index in [1.807, 2.05) is 26.8 Å². The quantitative estimate of drug-likeness (QED) is 0.765. The highest BCUT2D eigenvalue weighted by molar-refractivity contribution is 5.68. The summed E-state index contributed by atoms with van der Waals surface area (Å²) in [6, 6.07) is 6.24. The molecular weight excluding hydrogens is 344 g/mol. The standard InChI is InChI=1S/C21H32N2O4/c1-21(2,3)27-20(24)23-18-4-5-19(18)26-13-14-10-16(12-17(22)11-14)15-6-8-25-9-7-15/h10-12,15,18-19H,4-9,13,22H2,1-3H3,(H,23,24)/t18-,19-/m1/s1. The number of nitrogens with one attached hydrogen (secondary N) is 1. The number of rotatable bonds is 5. The van der Waals surface area contributed by atoms with E-state index < -0.39 is 5.60 Å². The van der Waals surface area contributed by atoms with Crippen molar-refractivity contribution in [3.8, 4) is 0 Å². The third kappa shape index (κ3) is 5.84. The fraction of sp³-hybridized carbons (Fsp3) is 0.667. The summed E-state index contributed by atoms with van der Waals surface area (Å²) in [6.45, 7) is 7.70. The molecule has 0 aromatic heterocycles. The number of benzene rings is 1. The number of alkyl carbamates (subject to hydrolysis) is 1. The van der Waals surface area contributed by atoms with Gasteiger partial charge in [-0.05, 0) is 75.6 Å². The van der Waals surface area contributed by atoms with Gasteiger partial charge in [-0.3, -0.25) is 0 Å². The number of nitrogen functional groups attached to an aromatic ring is 1. The number of nitrogens with two attached hydrogens (primary N) is 1. The molecule has 6 nitrogen and oxygen atoms in total. The lowest BCUT2D eigenvalue weighted by atomic mass is 9.88. The van der Waals surface area contributed by atoms with Crippen LogP contribution in [0.15, 0.2) is 18.2 Å². The van der Waals surface area contributed by atoms with Gasteiger partial charge in [0.15, 0.2) is 0 Å². The zero-order chi connectivity index (χ0) is 19.4. The first-order chi connectivity index (χ1) is 12.8. The molecule has 1 heterocycles. The molecule has 1 aromatic carbocycles. The summed E-state index contributed by atoms with van der Waals surface area (Å²) in [6.07, 6.45) is 3.56. The van der Waals surface area contributed by atoms with Crippen molar-refractivity contribution in [1.29, 1.82) is 0 Å². The largest absolute Gasteiger partial charge is 0.444 e. The van der Waals surface area contributed by atoms with Gasteiger partial charge in [0, 0.05) is 18.9 Å². The van der Waals surface area contributed by atoms with Crippen LogP contribution in [0.4, 0.5) is 10.5 Å². The molecule has 0 unspecified atom stereocenters. The highest BCUT2D eigenvalue weighted by atomic mass is 16.6. The Bertz CT molecular complexity index is 650. The zero-order valence-electron chi connectivity index (χ0n) is 16.6. The number of anilines is 1. The monoisotopic (exact) mass is 376 g/mol. The van der Waals surface area contributed by atoms with Gasteiger partial charge < -0.3 is 25.3 Å². The van der Waals surface area contributed by atoms with Crippen LogP contribution in [0.1, 0.15) is 63.5 Å². The Kier molecular flexibility index (Phi) is 6.27. The first kappa shape index (κ1) is 20.0. The molecule has 0 bridgehead atoms. The van der Waals surface area contributed by atoms with E-state index in [-0.39, 0.29) is 18.2 Å². The highest BCUT2D eigenvalue weighted by Crippen LogP contribution is 2.30. The minimum atomic E-state index is -0.494. The molecule has 27 heavy (non-hydrogen) atoms. The Hall–Kier alpha value is -1.79. The normalized spacial score (nSPS) is 23.5. The average Bonchev–Trinajstić information content (AvgIpc) is 2.58. The smallest absolute Gasteiger partial charge is 0.407 e. The minimum absolute atomic E-state index is 0.0101. The second kappa shape index (κ2) is 8.48. The molecule has 1 aliphatic heterocycles. The van der Waals surface area contributed by atoms with Crippen LogP contribution in [0.3, 0.4) is 0 Å². The van der Waals surface area contributed by atoms with Gasteiger partial charge in [-0.15, -0.1) is 0 Å². The summed E-state index contributed by atoms with van der Waals surface area (Å²) in [4.78, 5) is 11.9. The van der Waals surface area contributed by atoms with E-state index in [0.29, 0.717) is 12.5 Å². The first-order valence-electron chi connectivity index (χ1n) is 9.88. The van der Waals surface area contributed by atoms with Gasteiger partial charge in [-0.25, -0.2) is 4.79 Å². The molecule has 6 heteroatoms. The first-order valence-corrected chi connectivity index (χ1v) is 9.88. The fourth-order valence-corrected chi connectivity index (χ4v) is 3.59. The Morgan fingerprint density at radius 1 is 1.19 bits per heavy atom. The predicted octanol–water partition coefficient (Wildman–Crippen LogP) is 3.74. The fourth-order valence-electron chi connectivity index (χ4n) is 3.59. The van der Waals surface area contributed by atoms with E-state index in [4.69, 9.17) is 19.9 Å². The van der Waals surface area contributed by atoms with Crippen molar-refractivity contribution in [1.82, 2.24) is 5.32 Å². The molecule has 1 saturated carbocycles. The summed E-state index contributed by atoms with van der Waals surface area (Å²) < 4.78 is 16.8. The molecule has 1 saturated heterocycles. The van der Waals surface area contributed by atoms with Crippen molar-refractivity contribution in [2.45, 2.75) is 76.7 Å². The molecule has 0 spiro atoms. The number of carbonyl (C=O) groups is 1. The molecule has 2 atom stereocenters. The van der Waals surface area contributed by atoms with Crippen molar-refractivity contribution in [3.63, 3.8) is 0 Å². The lowest BCUT2D eigenvalue weighted by molar-refractivity contribution is -0.0391. The van der Waals surface area contributed by atoms with Crippen LogP contribution in [0.25, 0.3) is 0 Å². The van der Waals surface area contributed by atoms with E-state index >= 15 is 0 Å². The molecule has 0 radical (unpaired) electrons. The van der Waals surface area contributed by atoms with E-state index in [1.54, 1.807) is 0 Å². The highest BCUT2D eigenvalue weighted by Gasteiger charge is 2.34. The molecule has 1 amide bonds. The maximum atomic E-state index is 11.9. The van der Waals surface area contributed by atoms with Crippen LogP contribution in [-0.4, -0.2) is 37.1 Å². The Morgan fingerprint density at radius 2 is 1.93 bits per heavy atom. The lowest BCUT2D eigenvalue weighted by Crippen LogP contribution is -2.52. The minimum Gasteiger partial charge on any atom is -0.444 e. The summed E-state index contributed by atoms with van der Waals surface area (Å²) in [5.74, 6) is 0.506. The van der Waals surface area contributed by atoms with Gasteiger partial charge in [0.25, 0.3) is 0 Å². The van der Waals surface area contributed by atoms with Crippen LogP contribution < -0.4 is 11.1 Å². The van der Waals surface area contributed by atoms with Gasteiger partial charge in [0.2, 0.25) is 0 Å². The SMILES string of the molecule is CC(C)(C)OC(=O)N[C@@H]1CC[C@H]1OCc1cc(N)cc(C2CCOCC2)c1. The average molecular weight is 376 g/mol.